The molecule has 5 nitrogen and oxygen atoms in total. The van der Waals surface area contributed by atoms with Crippen LogP contribution in [0.25, 0.3) is 22.2 Å². The number of aromatic amines is 1. The number of nitrogens with one attached hydrogen (secondary N) is 1. The fourth-order valence-electron chi connectivity index (χ4n) is 5.55. The van der Waals surface area contributed by atoms with E-state index in [1.165, 1.54) is 0 Å². The zero-order valence-electron chi connectivity index (χ0n) is 23.9. The van der Waals surface area contributed by atoms with Crippen LogP contribution in [0.4, 0.5) is 0 Å². The highest BCUT2D eigenvalue weighted by Gasteiger charge is 2.42. The first kappa shape index (κ1) is 29.1. The smallest absolute Gasteiger partial charge is 0.321 e. The first-order valence-electron chi connectivity index (χ1n) is 14.4. The van der Waals surface area contributed by atoms with Crippen LogP contribution >= 0.6 is 15.9 Å². The second-order valence-electron chi connectivity index (χ2n) is 10.5. The summed E-state index contributed by atoms with van der Waals surface area (Å²) in [6, 6.07) is 44.5. The number of halogens is 1. The van der Waals surface area contributed by atoms with Crippen molar-refractivity contribution >= 4 is 38.8 Å². The summed E-state index contributed by atoms with van der Waals surface area (Å²) in [5, 5.41) is 0.910. The summed E-state index contributed by atoms with van der Waals surface area (Å²) in [6.07, 6.45) is 0. The van der Waals surface area contributed by atoms with Gasteiger partial charge in [-0.3, -0.25) is 9.59 Å². The molecular formula is C38H30BrNO4. The quantitative estimate of drug-likeness (QED) is 0.120. The molecule has 0 saturated heterocycles. The van der Waals surface area contributed by atoms with E-state index in [-0.39, 0.29) is 13.2 Å². The Morgan fingerprint density at radius 1 is 0.636 bits per heavy atom. The maximum absolute atomic E-state index is 14.2. The highest BCUT2D eigenvalue weighted by atomic mass is 79.9. The molecule has 6 heteroatoms. The third-order valence-corrected chi connectivity index (χ3v) is 8.11. The highest BCUT2D eigenvalue weighted by Crippen LogP contribution is 2.44. The minimum atomic E-state index is -1.29. The summed E-state index contributed by atoms with van der Waals surface area (Å²) in [5.41, 5.74) is 5.92. The summed E-state index contributed by atoms with van der Waals surface area (Å²) in [7, 11) is 0. The summed E-state index contributed by atoms with van der Waals surface area (Å²) < 4.78 is 12.6. The zero-order chi connectivity index (χ0) is 30.3. The minimum absolute atomic E-state index is 0.0345. The highest BCUT2D eigenvalue weighted by molar-refractivity contribution is 9.10. The van der Waals surface area contributed by atoms with E-state index in [1.54, 1.807) is 0 Å². The zero-order valence-corrected chi connectivity index (χ0v) is 25.4. The van der Waals surface area contributed by atoms with Gasteiger partial charge in [0.25, 0.3) is 0 Å². The maximum atomic E-state index is 14.2. The third kappa shape index (κ3) is 6.51. The molecule has 6 aromatic rings. The molecule has 1 N–H and O–H groups in total. The fourth-order valence-corrected chi connectivity index (χ4v) is 5.97. The Hall–Kier alpha value is -4.94. The molecule has 218 valence electrons. The van der Waals surface area contributed by atoms with Crippen molar-refractivity contribution in [1.29, 1.82) is 0 Å². The lowest BCUT2D eigenvalue weighted by molar-refractivity contribution is -0.164. The van der Waals surface area contributed by atoms with Crippen LogP contribution in [-0.2, 0) is 32.3 Å². The number of hydrogen-bond acceptors (Lipinski definition) is 4. The molecule has 0 aliphatic carbocycles. The van der Waals surface area contributed by atoms with Gasteiger partial charge >= 0.3 is 11.9 Å². The van der Waals surface area contributed by atoms with Crippen LogP contribution in [0.5, 0.6) is 0 Å². The van der Waals surface area contributed by atoms with Crippen molar-refractivity contribution in [1.82, 2.24) is 4.98 Å². The number of benzene rings is 5. The number of carbonyl (C=O) groups is 2. The van der Waals surface area contributed by atoms with Gasteiger partial charge in [0.1, 0.15) is 13.2 Å². The number of rotatable bonds is 10. The van der Waals surface area contributed by atoms with Gasteiger partial charge in [-0.05, 0) is 46.0 Å². The van der Waals surface area contributed by atoms with E-state index >= 15 is 0 Å². The topological polar surface area (TPSA) is 68.4 Å². The number of ether oxygens (including phenoxy) is 2. The molecule has 5 aromatic carbocycles. The molecule has 1 atom stereocenters. The molecule has 0 amide bonds. The first-order chi connectivity index (χ1) is 21.6. The Morgan fingerprint density at radius 3 is 1.77 bits per heavy atom. The number of esters is 2. The molecule has 1 aromatic heterocycles. The van der Waals surface area contributed by atoms with Gasteiger partial charge < -0.3 is 14.5 Å². The van der Waals surface area contributed by atoms with Crippen LogP contribution in [0.1, 0.15) is 28.2 Å². The second kappa shape index (κ2) is 13.6. The second-order valence-corrected chi connectivity index (χ2v) is 11.4. The van der Waals surface area contributed by atoms with Crippen LogP contribution in [0.2, 0.25) is 0 Å². The normalized spacial score (nSPS) is 11.8. The van der Waals surface area contributed by atoms with Gasteiger partial charge in [0.2, 0.25) is 0 Å². The van der Waals surface area contributed by atoms with E-state index in [1.807, 2.05) is 140 Å². The van der Waals surface area contributed by atoms with Gasteiger partial charge in [-0.1, -0.05) is 137 Å². The molecule has 0 aliphatic heterocycles. The van der Waals surface area contributed by atoms with Crippen molar-refractivity contribution in [2.45, 2.75) is 19.1 Å². The van der Waals surface area contributed by atoms with Gasteiger partial charge in [0.05, 0.1) is 5.69 Å². The van der Waals surface area contributed by atoms with E-state index in [2.05, 4.69) is 20.9 Å². The Morgan fingerprint density at radius 2 is 1.18 bits per heavy atom. The molecule has 0 radical (unpaired) electrons. The Balaban J connectivity index is 1.51. The number of aromatic nitrogens is 1. The number of hydrogen-bond donors (Lipinski definition) is 1. The van der Waals surface area contributed by atoms with Crippen LogP contribution < -0.4 is 0 Å². The Kier molecular flexibility index (Phi) is 8.99. The standard InChI is InChI=1S/C38H30BrNO4/c39-30-20-12-19-29(23-30)33(34-31-21-10-11-22-32(31)40-36(34)28-17-8-3-9-18-28)35(37(41)43-24-26-13-4-1-5-14-26)38(42)44-25-27-15-6-2-7-16-27/h1-23,33,35,40H,24-25H2. The van der Waals surface area contributed by atoms with Crippen LogP contribution in [0.15, 0.2) is 144 Å². The Bertz CT molecular complexity index is 1810. The van der Waals surface area contributed by atoms with Gasteiger partial charge in [0, 0.05) is 21.3 Å². The average Bonchev–Trinajstić information content (AvgIpc) is 3.45. The van der Waals surface area contributed by atoms with Gasteiger partial charge in [-0.2, -0.15) is 0 Å². The lowest BCUT2D eigenvalue weighted by Gasteiger charge is -2.26. The Labute approximate surface area is 264 Å². The first-order valence-corrected chi connectivity index (χ1v) is 15.2. The monoisotopic (exact) mass is 643 g/mol. The minimum Gasteiger partial charge on any atom is -0.460 e. The molecule has 0 saturated carbocycles. The lowest BCUT2D eigenvalue weighted by Crippen LogP contribution is -2.34. The molecule has 0 aliphatic rings. The van der Waals surface area contributed by atoms with Crippen molar-refractivity contribution in [3.05, 3.63) is 166 Å². The molecule has 0 spiro atoms. The number of H-pyrrole nitrogens is 1. The SMILES string of the molecule is O=C(OCc1ccccc1)C(C(=O)OCc1ccccc1)C(c1cccc(Br)c1)c1c(-c2ccccc2)[nH]c2ccccc12. The maximum Gasteiger partial charge on any atom is 0.321 e. The molecule has 1 unspecified atom stereocenters. The van der Waals surface area contributed by atoms with Crippen molar-refractivity contribution in [3.8, 4) is 11.3 Å². The molecule has 0 bridgehead atoms. The average molecular weight is 645 g/mol. The van der Waals surface area contributed by atoms with E-state index in [0.29, 0.717) is 0 Å². The van der Waals surface area contributed by atoms with Crippen molar-refractivity contribution < 1.29 is 19.1 Å². The van der Waals surface area contributed by atoms with Gasteiger partial charge in [-0.25, -0.2) is 0 Å². The van der Waals surface area contributed by atoms with Crippen LogP contribution in [0, 0.1) is 5.92 Å². The van der Waals surface area contributed by atoms with E-state index in [0.717, 1.165) is 48.9 Å². The van der Waals surface area contributed by atoms with E-state index in [9.17, 15) is 9.59 Å². The van der Waals surface area contributed by atoms with Gasteiger partial charge in [-0.15, -0.1) is 0 Å². The van der Waals surface area contributed by atoms with Crippen molar-refractivity contribution in [2.24, 2.45) is 5.92 Å². The fraction of sp³-hybridized carbons (Fsp3) is 0.105. The molecular weight excluding hydrogens is 614 g/mol. The third-order valence-electron chi connectivity index (χ3n) is 7.62. The molecule has 0 fully saturated rings. The number of para-hydroxylation sites is 1. The van der Waals surface area contributed by atoms with Crippen molar-refractivity contribution in [3.63, 3.8) is 0 Å². The molecule has 44 heavy (non-hydrogen) atoms. The predicted molar refractivity (Wildman–Crippen MR) is 176 cm³/mol. The summed E-state index contributed by atoms with van der Waals surface area (Å²) in [5.74, 6) is -3.33. The largest absolute Gasteiger partial charge is 0.460 e. The van der Waals surface area contributed by atoms with E-state index < -0.39 is 23.8 Å². The van der Waals surface area contributed by atoms with Crippen LogP contribution in [-0.4, -0.2) is 16.9 Å². The van der Waals surface area contributed by atoms with E-state index in [4.69, 9.17) is 9.47 Å². The lowest BCUT2D eigenvalue weighted by atomic mass is 9.78. The predicted octanol–water partition coefficient (Wildman–Crippen LogP) is 8.83. The molecule has 1 heterocycles. The van der Waals surface area contributed by atoms with Crippen molar-refractivity contribution in [2.75, 3.05) is 0 Å². The number of fused-ring (bicyclic) bond motifs is 1. The summed E-state index contributed by atoms with van der Waals surface area (Å²) in [6.45, 7) is 0.0690. The number of carbonyl (C=O) groups excluding carboxylic acids is 2. The summed E-state index contributed by atoms with van der Waals surface area (Å²) in [4.78, 5) is 32.0. The van der Waals surface area contributed by atoms with Crippen LogP contribution in [0.3, 0.4) is 0 Å². The molecule has 6 rings (SSSR count). The van der Waals surface area contributed by atoms with Gasteiger partial charge in [0.15, 0.2) is 5.92 Å². The summed E-state index contributed by atoms with van der Waals surface area (Å²) >= 11 is 3.61.